The summed E-state index contributed by atoms with van der Waals surface area (Å²) in [6, 6.07) is 22.1. The lowest BCUT2D eigenvalue weighted by Gasteiger charge is -2.26. The van der Waals surface area contributed by atoms with Crippen LogP contribution in [-0.4, -0.2) is 34.5 Å². The molecular formula is C32H23N4O7-. The highest BCUT2D eigenvalue weighted by Gasteiger charge is 2.36. The summed E-state index contributed by atoms with van der Waals surface area (Å²) < 4.78 is 6.07. The molecule has 0 bridgehead atoms. The Balaban J connectivity index is 1.59. The highest BCUT2D eigenvalue weighted by Crippen LogP contribution is 2.24. The van der Waals surface area contributed by atoms with Crippen LogP contribution in [0.3, 0.4) is 0 Å². The molecule has 43 heavy (non-hydrogen) atoms. The van der Waals surface area contributed by atoms with Crippen molar-refractivity contribution in [1.82, 2.24) is 14.9 Å². The molecule has 1 fully saturated rings. The van der Waals surface area contributed by atoms with Crippen molar-refractivity contribution in [3.8, 4) is 17.3 Å². The van der Waals surface area contributed by atoms with Crippen molar-refractivity contribution >= 4 is 35.2 Å². The summed E-state index contributed by atoms with van der Waals surface area (Å²) in [6.45, 7) is 0. The second kappa shape index (κ2) is 12.1. The number of para-hydroxylation sites is 2. The molecule has 0 aliphatic carbocycles. The van der Waals surface area contributed by atoms with E-state index in [1.807, 2.05) is 0 Å². The minimum absolute atomic E-state index is 0.276. The maximum absolute atomic E-state index is 13.2. The number of urea groups is 1. The van der Waals surface area contributed by atoms with E-state index in [9.17, 15) is 29.1 Å². The number of amides is 4. The van der Waals surface area contributed by atoms with Gasteiger partial charge in [0.15, 0.2) is 0 Å². The number of aromatic nitrogens is 2. The van der Waals surface area contributed by atoms with Crippen LogP contribution in [0.4, 0.5) is 10.5 Å². The lowest BCUT2D eigenvalue weighted by molar-refractivity contribution is -0.278. The molecule has 5 rings (SSSR count). The predicted molar refractivity (Wildman–Crippen MR) is 158 cm³/mol. The minimum Gasteiger partial charge on any atom is -0.859 e. The van der Waals surface area contributed by atoms with Gasteiger partial charge in [-0.3, -0.25) is 29.3 Å². The summed E-state index contributed by atoms with van der Waals surface area (Å²) in [4.78, 5) is 66.5. The highest BCUT2D eigenvalue weighted by atomic mass is 16.5. The lowest BCUT2D eigenvalue weighted by atomic mass is 10.0. The van der Waals surface area contributed by atoms with Crippen LogP contribution in [0.5, 0.6) is 11.6 Å². The molecular weight excluding hydrogens is 552 g/mol. The quantitative estimate of drug-likeness (QED) is 0.195. The number of benzene rings is 3. The molecule has 0 radical (unpaired) electrons. The summed E-state index contributed by atoms with van der Waals surface area (Å²) in [5, 5.41) is 15.4. The van der Waals surface area contributed by atoms with Gasteiger partial charge in [0, 0.05) is 11.3 Å². The summed E-state index contributed by atoms with van der Waals surface area (Å²) in [5.41, 5.74) is -0.885. The molecule has 2 N–H and O–H groups in total. The fourth-order valence-electron chi connectivity index (χ4n) is 4.36. The van der Waals surface area contributed by atoms with Crippen LogP contribution < -0.4 is 31.3 Å². The monoisotopic (exact) mass is 575 g/mol. The number of H-pyrrole nitrogens is 1. The number of methoxy groups -OCH3 is 1. The number of nitrogens with zero attached hydrogens (tertiary/aromatic N) is 2. The average molecular weight is 576 g/mol. The van der Waals surface area contributed by atoms with Crippen LogP contribution in [0.25, 0.3) is 17.3 Å². The van der Waals surface area contributed by atoms with E-state index in [4.69, 9.17) is 4.74 Å². The molecule has 2 heterocycles. The first-order valence-electron chi connectivity index (χ1n) is 12.9. The largest absolute Gasteiger partial charge is 0.859 e. The maximum atomic E-state index is 13.2. The number of carbonyl (C=O) groups excluding carboxylic acids is 3. The van der Waals surface area contributed by atoms with Crippen LogP contribution in [0.2, 0.25) is 0 Å². The molecule has 11 nitrogen and oxygen atoms in total. The Kier molecular flexibility index (Phi) is 7.97. The van der Waals surface area contributed by atoms with Crippen molar-refractivity contribution in [2.24, 2.45) is 0 Å². The number of carbonyl (C=O) groups is 3. The Hall–Kier alpha value is -6.23. The third kappa shape index (κ3) is 5.81. The number of imide groups is 2. The van der Waals surface area contributed by atoms with Crippen molar-refractivity contribution in [2.75, 3.05) is 12.0 Å². The van der Waals surface area contributed by atoms with E-state index in [0.717, 1.165) is 9.47 Å². The van der Waals surface area contributed by atoms with Crippen molar-refractivity contribution in [3.05, 3.63) is 141 Å². The zero-order valence-corrected chi connectivity index (χ0v) is 22.6. The average Bonchev–Trinajstić information content (AvgIpc) is 3.00. The van der Waals surface area contributed by atoms with Gasteiger partial charge in [0.25, 0.3) is 17.4 Å². The fourth-order valence-corrected chi connectivity index (χ4v) is 4.36. The Labute approximate surface area is 244 Å². The fraction of sp³-hybridized carbons (Fsp3) is 0.0312. The highest BCUT2D eigenvalue weighted by molar-refractivity contribution is 6.37. The van der Waals surface area contributed by atoms with E-state index in [0.29, 0.717) is 16.9 Å². The molecule has 0 spiro atoms. The van der Waals surface area contributed by atoms with Gasteiger partial charge in [0.05, 0.1) is 12.8 Å². The van der Waals surface area contributed by atoms with Crippen molar-refractivity contribution in [1.29, 1.82) is 0 Å². The number of hydrogen-bond donors (Lipinski definition) is 2. The van der Waals surface area contributed by atoms with Crippen LogP contribution in [0.1, 0.15) is 11.1 Å². The lowest BCUT2D eigenvalue weighted by Crippen LogP contribution is -2.54. The van der Waals surface area contributed by atoms with E-state index >= 15 is 0 Å². The van der Waals surface area contributed by atoms with E-state index in [-0.39, 0.29) is 22.5 Å². The van der Waals surface area contributed by atoms with Crippen LogP contribution >= 0.6 is 0 Å². The first-order valence-corrected chi connectivity index (χ1v) is 12.9. The van der Waals surface area contributed by atoms with Gasteiger partial charge in [-0.1, -0.05) is 60.7 Å². The third-order valence-corrected chi connectivity index (χ3v) is 6.51. The van der Waals surface area contributed by atoms with Crippen LogP contribution in [0, 0.1) is 0 Å². The standard InChI is InChI=1S/C32H24N4O7/c1-43-24-16-12-20(13-17-24)21(14-18-25-27(37)33-31(41)35(29(25)39)22-8-4-2-5-9-22)15-19-26-28(38)34-32(42)36(30(26)40)23-10-6-3-7-11-23/h2-19,39H,1H3,(H,33,37,41)(H,34,38,42)/p-1. The SMILES string of the molecule is COc1ccc(C(C=Cc2c([O-])n(-c3ccccc3)c(=O)[nH]c2=O)=CC=C2C(=O)NC(=O)N(c3ccccc3)C2=O)cc1. The Morgan fingerprint density at radius 2 is 1.47 bits per heavy atom. The van der Waals surface area contributed by atoms with Gasteiger partial charge in [-0.05, 0) is 65.6 Å². The van der Waals surface area contributed by atoms with Crippen LogP contribution in [-0.2, 0) is 9.59 Å². The number of hydrogen-bond acceptors (Lipinski definition) is 7. The molecule has 214 valence electrons. The zero-order chi connectivity index (χ0) is 30.5. The molecule has 1 aliphatic heterocycles. The topological polar surface area (TPSA) is 154 Å². The molecule has 4 aromatic rings. The Bertz CT molecular complexity index is 1920. The number of anilines is 1. The maximum Gasteiger partial charge on any atom is 0.335 e. The van der Waals surface area contributed by atoms with Gasteiger partial charge >= 0.3 is 11.7 Å². The summed E-state index contributed by atoms with van der Waals surface area (Å²) in [6.07, 6.45) is 5.38. The molecule has 4 amide bonds. The van der Waals surface area contributed by atoms with E-state index in [1.165, 1.54) is 31.4 Å². The summed E-state index contributed by atoms with van der Waals surface area (Å²) in [7, 11) is 1.51. The second-order valence-electron chi connectivity index (χ2n) is 9.15. The smallest absolute Gasteiger partial charge is 0.335 e. The van der Waals surface area contributed by atoms with E-state index in [2.05, 4.69) is 10.3 Å². The second-order valence-corrected chi connectivity index (χ2v) is 9.15. The first kappa shape index (κ1) is 28.3. The predicted octanol–water partition coefficient (Wildman–Crippen LogP) is 2.91. The Morgan fingerprint density at radius 3 is 2.09 bits per heavy atom. The number of rotatable bonds is 7. The van der Waals surface area contributed by atoms with E-state index in [1.54, 1.807) is 84.9 Å². The normalized spacial score (nSPS) is 14.8. The molecule has 1 aliphatic rings. The number of ether oxygens (including phenoxy) is 1. The number of allylic oxidation sites excluding steroid dienone is 4. The molecule has 11 heteroatoms. The number of nitrogens with one attached hydrogen (secondary N) is 2. The third-order valence-electron chi connectivity index (χ3n) is 6.51. The summed E-state index contributed by atoms with van der Waals surface area (Å²) >= 11 is 0. The zero-order valence-electron chi connectivity index (χ0n) is 22.6. The number of barbiturate groups is 1. The van der Waals surface area contributed by atoms with Gasteiger partial charge in [0.1, 0.15) is 11.3 Å². The molecule has 1 saturated heterocycles. The van der Waals surface area contributed by atoms with Crippen molar-refractivity contribution in [2.45, 2.75) is 0 Å². The van der Waals surface area contributed by atoms with Gasteiger partial charge in [-0.25, -0.2) is 14.5 Å². The van der Waals surface area contributed by atoms with Crippen molar-refractivity contribution < 1.29 is 24.2 Å². The van der Waals surface area contributed by atoms with Crippen LogP contribution in [0.15, 0.2) is 118 Å². The summed E-state index contributed by atoms with van der Waals surface area (Å²) in [5.74, 6) is -1.98. The van der Waals surface area contributed by atoms with Crippen molar-refractivity contribution in [3.63, 3.8) is 0 Å². The minimum atomic E-state index is -0.885. The molecule has 3 aromatic carbocycles. The van der Waals surface area contributed by atoms with Gasteiger partial charge in [0.2, 0.25) is 0 Å². The first-order chi connectivity index (χ1) is 20.8. The molecule has 0 saturated carbocycles. The molecule has 0 atom stereocenters. The van der Waals surface area contributed by atoms with Gasteiger partial charge in [-0.15, -0.1) is 0 Å². The Morgan fingerprint density at radius 1 is 0.837 bits per heavy atom. The van der Waals surface area contributed by atoms with E-state index < -0.39 is 35.0 Å². The van der Waals surface area contributed by atoms with Gasteiger partial charge in [-0.2, -0.15) is 0 Å². The molecule has 1 aromatic heterocycles. The van der Waals surface area contributed by atoms with Gasteiger partial charge < -0.3 is 9.84 Å². The number of aromatic amines is 1. The molecule has 0 unspecified atom stereocenters.